The number of rotatable bonds is 14. The van der Waals surface area contributed by atoms with Gasteiger partial charge in [-0.2, -0.15) is 0 Å². The van der Waals surface area contributed by atoms with Gasteiger partial charge >= 0.3 is 0 Å². The summed E-state index contributed by atoms with van der Waals surface area (Å²) in [7, 11) is -8.01. The first-order valence-corrected chi connectivity index (χ1v) is 13.0. The second-order valence-corrected chi connectivity index (χ2v) is 10.5. The van der Waals surface area contributed by atoms with Gasteiger partial charge in [-0.05, 0) is 25.0 Å². The Kier molecular flexibility index (Phi) is 9.40. The quantitative estimate of drug-likeness (QED) is 0.226. The molecule has 14 heteroatoms. The molecule has 2 N–H and O–H groups in total. The summed E-state index contributed by atoms with van der Waals surface area (Å²) in [4.78, 5) is 19.7. The van der Waals surface area contributed by atoms with Crippen molar-refractivity contribution in [2.45, 2.75) is 41.9 Å². The van der Waals surface area contributed by atoms with Crippen LogP contribution in [0.4, 0.5) is 11.4 Å². The Morgan fingerprint density at radius 2 is 0.939 bits per heavy atom. The molecule has 0 aliphatic carbocycles. The molecule has 0 atom stereocenters. The largest absolute Gasteiger partial charge is 0.289 e. The molecule has 0 aliphatic rings. The van der Waals surface area contributed by atoms with Gasteiger partial charge in [0.1, 0.15) is 0 Å². The third kappa shape index (κ3) is 7.56. The van der Waals surface area contributed by atoms with Gasteiger partial charge in [0.2, 0.25) is 20.0 Å². The Balaban J connectivity index is 1.70. The maximum atomic E-state index is 12.3. The number of hydrogen-bond acceptors (Lipinski definition) is 8. The fraction of sp³-hybridized carbons (Fsp3) is 0.368. The molecule has 2 aromatic rings. The molecule has 0 unspecified atom stereocenters. The van der Waals surface area contributed by atoms with Gasteiger partial charge in [0.25, 0.3) is 11.4 Å². The van der Waals surface area contributed by atoms with Crippen LogP contribution < -0.4 is 9.44 Å². The molecule has 180 valence electrons. The van der Waals surface area contributed by atoms with Crippen LogP contribution in [0.1, 0.15) is 32.1 Å². The molecular formula is C19H24N4O8S2. The Labute approximate surface area is 191 Å². The van der Waals surface area contributed by atoms with Gasteiger partial charge in [-0.1, -0.05) is 43.5 Å². The van der Waals surface area contributed by atoms with E-state index in [1.54, 1.807) is 0 Å². The monoisotopic (exact) mass is 500 g/mol. The Morgan fingerprint density at radius 3 is 1.30 bits per heavy atom. The second-order valence-electron chi connectivity index (χ2n) is 7.01. The predicted octanol–water partition coefficient (Wildman–Crippen LogP) is 2.71. The Morgan fingerprint density at radius 1 is 0.606 bits per heavy atom. The lowest BCUT2D eigenvalue weighted by Gasteiger charge is -2.08. The average molecular weight is 501 g/mol. The highest BCUT2D eigenvalue weighted by atomic mass is 32.2. The van der Waals surface area contributed by atoms with E-state index in [9.17, 15) is 37.1 Å². The number of sulfonamides is 2. The number of nitro benzene ring substituents is 2. The minimum atomic E-state index is -4.01. The van der Waals surface area contributed by atoms with E-state index in [2.05, 4.69) is 9.44 Å². The van der Waals surface area contributed by atoms with E-state index < -0.39 is 41.3 Å². The van der Waals surface area contributed by atoms with E-state index >= 15 is 0 Å². The maximum Gasteiger partial charge on any atom is 0.289 e. The van der Waals surface area contributed by atoms with Crippen LogP contribution in [0.3, 0.4) is 0 Å². The first-order valence-electron chi connectivity index (χ1n) is 10.0. The molecule has 0 spiro atoms. The van der Waals surface area contributed by atoms with Crippen LogP contribution >= 0.6 is 0 Å². The molecule has 33 heavy (non-hydrogen) atoms. The average Bonchev–Trinajstić information content (AvgIpc) is 2.77. The molecule has 0 heterocycles. The van der Waals surface area contributed by atoms with Gasteiger partial charge in [0, 0.05) is 25.2 Å². The molecule has 0 amide bonds. The molecule has 0 fully saturated rings. The zero-order valence-electron chi connectivity index (χ0n) is 17.5. The van der Waals surface area contributed by atoms with Gasteiger partial charge in [-0.3, -0.25) is 20.2 Å². The zero-order valence-corrected chi connectivity index (χ0v) is 19.2. The van der Waals surface area contributed by atoms with E-state index in [0.717, 1.165) is 12.1 Å². The zero-order chi connectivity index (χ0) is 24.5. The molecule has 2 aromatic carbocycles. The first-order chi connectivity index (χ1) is 15.6. The summed E-state index contributed by atoms with van der Waals surface area (Å²) in [6.45, 7) is 0.220. The number of para-hydroxylation sites is 2. The summed E-state index contributed by atoms with van der Waals surface area (Å²) in [5.74, 6) is 0. The van der Waals surface area contributed by atoms with Crippen LogP contribution in [0.2, 0.25) is 0 Å². The van der Waals surface area contributed by atoms with Crippen LogP contribution in [0.25, 0.3) is 0 Å². The minimum absolute atomic E-state index is 0.110. The van der Waals surface area contributed by atoms with Crippen molar-refractivity contribution < 1.29 is 26.7 Å². The summed E-state index contributed by atoms with van der Waals surface area (Å²) < 4.78 is 53.8. The van der Waals surface area contributed by atoms with Crippen molar-refractivity contribution in [1.82, 2.24) is 9.44 Å². The number of unbranched alkanes of at least 4 members (excludes halogenated alkanes) is 4. The van der Waals surface area contributed by atoms with Gasteiger partial charge in [0.05, 0.1) is 9.85 Å². The summed E-state index contributed by atoms with van der Waals surface area (Å²) in [6, 6.07) is 10.2. The van der Waals surface area contributed by atoms with Gasteiger partial charge in [0.15, 0.2) is 9.79 Å². The predicted molar refractivity (Wildman–Crippen MR) is 120 cm³/mol. The number of hydrogen-bond donors (Lipinski definition) is 2. The first kappa shape index (κ1) is 26.3. The van der Waals surface area contributed by atoms with Crippen molar-refractivity contribution in [2.75, 3.05) is 13.1 Å². The van der Waals surface area contributed by atoms with E-state index in [1.165, 1.54) is 36.4 Å². The number of nitrogens with one attached hydrogen (secondary N) is 2. The highest BCUT2D eigenvalue weighted by Gasteiger charge is 2.25. The van der Waals surface area contributed by atoms with Crippen molar-refractivity contribution in [3.05, 3.63) is 68.8 Å². The minimum Gasteiger partial charge on any atom is -0.258 e. The van der Waals surface area contributed by atoms with E-state index in [0.29, 0.717) is 32.1 Å². The van der Waals surface area contributed by atoms with E-state index in [-0.39, 0.29) is 22.9 Å². The smallest absolute Gasteiger partial charge is 0.258 e. The third-order valence-corrected chi connectivity index (χ3v) is 7.66. The van der Waals surface area contributed by atoms with E-state index in [1.807, 2.05) is 0 Å². The molecule has 0 saturated heterocycles. The molecule has 0 radical (unpaired) electrons. The molecule has 0 saturated carbocycles. The van der Waals surface area contributed by atoms with E-state index in [4.69, 9.17) is 0 Å². The Bertz CT molecular complexity index is 1110. The third-order valence-electron chi connectivity index (χ3n) is 4.64. The van der Waals surface area contributed by atoms with Crippen LogP contribution in [0, 0.1) is 20.2 Å². The SMILES string of the molecule is O=[N+]([O-])c1ccccc1S(=O)(=O)NCCCCCCCNS(=O)(=O)c1ccccc1[N+](=O)[O-]. The van der Waals surface area contributed by atoms with Gasteiger partial charge < -0.3 is 0 Å². The van der Waals surface area contributed by atoms with Crippen molar-refractivity contribution in [3.63, 3.8) is 0 Å². The Hall–Kier alpha value is -2.94. The summed E-state index contributed by atoms with van der Waals surface area (Å²) in [5, 5.41) is 22.0. The lowest BCUT2D eigenvalue weighted by Crippen LogP contribution is -2.26. The lowest BCUT2D eigenvalue weighted by molar-refractivity contribution is -0.388. The van der Waals surface area contributed by atoms with Crippen molar-refractivity contribution in [2.24, 2.45) is 0 Å². The van der Waals surface area contributed by atoms with Crippen molar-refractivity contribution in [1.29, 1.82) is 0 Å². The van der Waals surface area contributed by atoms with Gasteiger partial charge in [-0.15, -0.1) is 0 Å². The van der Waals surface area contributed by atoms with Crippen LogP contribution in [-0.2, 0) is 20.0 Å². The van der Waals surface area contributed by atoms with Crippen molar-refractivity contribution >= 4 is 31.4 Å². The molecule has 0 aliphatic heterocycles. The highest BCUT2D eigenvalue weighted by Crippen LogP contribution is 2.23. The fourth-order valence-corrected chi connectivity index (χ4v) is 5.51. The standard InChI is InChI=1S/C19H24N4O8S2/c24-22(25)16-10-4-6-12-18(16)32(28,29)20-14-8-2-1-3-9-15-21-33(30,31)19-13-7-5-11-17(19)23(26)27/h4-7,10-13,20-21H,1-3,8-9,14-15H2. The molecule has 0 bridgehead atoms. The normalized spacial score (nSPS) is 11.9. The van der Waals surface area contributed by atoms with Crippen LogP contribution in [0.15, 0.2) is 58.3 Å². The molecular weight excluding hydrogens is 476 g/mol. The molecule has 0 aromatic heterocycles. The second kappa shape index (κ2) is 11.8. The lowest BCUT2D eigenvalue weighted by atomic mass is 10.1. The number of nitrogens with zero attached hydrogens (tertiary/aromatic N) is 2. The number of nitro groups is 2. The van der Waals surface area contributed by atoms with Gasteiger partial charge in [-0.25, -0.2) is 26.3 Å². The topological polar surface area (TPSA) is 179 Å². The van der Waals surface area contributed by atoms with Crippen molar-refractivity contribution in [3.8, 4) is 0 Å². The van der Waals surface area contributed by atoms with Crippen LogP contribution in [0.5, 0.6) is 0 Å². The highest BCUT2D eigenvalue weighted by molar-refractivity contribution is 7.90. The molecule has 12 nitrogen and oxygen atoms in total. The number of benzene rings is 2. The fourth-order valence-electron chi connectivity index (χ4n) is 3.02. The van der Waals surface area contributed by atoms with Crippen LogP contribution in [-0.4, -0.2) is 39.8 Å². The summed E-state index contributed by atoms with van der Waals surface area (Å²) in [5.41, 5.74) is -0.985. The summed E-state index contributed by atoms with van der Waals surface area (Å²) in [6.07, 6.45) is 3.04. The molecule has 2 rings (SSSR count). The maximum absolute atomic E-state index is 12.3. The summed E-state index contributed by atoms with van der Waals surface area (Å²) >= 11 is 0.